The van der Waals surface area contributed by atoms with Gasteiger partial charge in [0.1, 0.15) is 5.75 Å². The van der Waals surface area contributed by atoms with Crippen LogP contribution in [0.25, 0.3) is 0 Å². The Balaban J connectivity index is 1.51. The van der Waals surface area contributed by atoms with Crippen molar-refractivity contribution in [2.75, 3.05) is 38.6 Å². The van der Waals surface area contributed by atoms with Crippen LogP contribution in [0.15, 0.2) is 18.2 Å². The summed E-state index contributed by atoms with van der Waals surface area (Å²) in [4.78, 5) is 12.2. The molecule has 1 aromatic carbocycles. The molecule has 2 amide bonds. The van der Waals surface area contributed by atoms with E-state index in [0.717, 1.165) is 17.5 Å². The number of sulfonamides is 1. The van der Waals surface area contributed by atoms with E-state index in [0.29, 0.717) is 39.1 Å². The molecular weight excluding hydrogens is 408 g/mol. The van der Waals surface area contributed by atoms with Crippen LogP contribution in [0, 0.1) is 0 Å². The third-order valence-corrected chi connectivity index (χ3v) is 6.84. The average molecular weight is 433 g/mol. The van der Waals surface area contributed by atoms with Crippen molar-refractivity contribution in [3.8, 4) is 5.75 Å². The number of carbonyl (C=O) groups is 1. The summed E-state index contributed by atoms with van der Waals surface area (Å²) < 4.78 is 60.2. The predicted molar refractivity (Wildman–Crippen MR) is 101 cm³/mol. The summed E-state index contributed by atoms with van der Waals surface area (Å²) in [7, 11) is -3.44. The monoisotopic (exact) mass is 433 g/mol. The zero-order valence-corrected chi connectivity index (χ0v) is 16.7. The lowest BCUT2D eigenvalue weighted by Crippen LogP contribution is -2.45. The fourth-order valence-electron chi connectivity index (χ4n) is 3.57. The van der Waals surface area contributed by atoms with Gasteiger partial charge in [-0.15, -0.1) is 0 Å². The first-order valence-corrected chi connectivity index (χ1v) is 11.1. The Hall–Kier alpha value is -1.98. The number of aryl methyl sites for hydroxylation is 1. The van der Waals surface area contributed by atoms with Crippen molar-refractivity contribution in [2.45, 2.75) is 31.9 Å². The zero-order chi connectivity index (χ0) is 20.9. The number of fused-ring (bicyclic) bond motifs is 1. The molecule has 0 saturated carbocycles. The van der Waals surface area contributed by atoms with E-state index < -0.39 is 22.7 Å². The zero-order valence-electron chi connectivity index (χ0n) is 15.9. The van der Waals surface area contributed by atoms with E-state index in [9.17, 15) is 22.0 Å². The lowest BCUT2D eigenvalue weighted by Gasteiger charge is -2.27. The topological polar surface area (TPSA) is 97.0 Å². The van der Waals surface area contributed by atoms with Gasteiger partial charge in [-0.3, -0.25) is 0 Å². The number of morpholine rings is 1. The van der Waals surface area contributed by atoms with Crippen LogP contribution in [-0.2, 0) is 21.2 Å². The van der Waals surface area contributed by atoms with Crippen molar-refractivity contribution < 1.29 is 31.5 Å². The van der Waals surface area contributed by atoms with E-state index in [1.807, 2.05) is 0 Å². The van der Waals surface area contributed by atoms with Crippen LogP contribution in [0.4, 0.5) is 13.6 Å². The van der Waals surface area contributed by atoms with Crippen molar-refractivity contribution in [1.82, 2.24) is 14.9 Å². The molecule has 0 spiro atoms. The highest BCUT2D eigenvalue weighted by molar-refractivity contribution is 7.89. The molecule has 0 radical (unpaired) electrons. The maximum Gasteiger partial charge on any atom is 0.387 e. The number of nitrogens with zero attached hydrogens (tertiary/aromatic N) is 1. The molecule has 1 atom stereocenters. The maximum absolute atomic E-state index is 12.4. The van der Waals surface area contributed by atoms with Gasteiger partial charge in [-0.2, -0.15) is 13.1 Å². The Kier molecular flexibility index (Phi) is 7.25. The maximum atomic E-state index is 12.4. The highest BCUT2D eigenvalue weighted by Gasteiger charge is 2.25. The third-order valence-electron chi connectivity index (χ3n) is 4.97. The number of rotatable bonds is 7. The molecule has 11 heteroatoms. The smallest absolute Gasteiger partial charge is 0.387 e. The molecule has 8 nitrogen and oxygen atoms in total. The van der Waals surface area contributed by atoms with E-state index >= 15 is 0 Å². The van der Waals surface area contributed by atoms with Gasteiger partial charge in [0, 0.05) is 19.6 Å². The second-order valence-corrected chi connectivity index (χ2v) is 9.00. The first-order valence-electron chi connectivity index (χ1n) is 9.53. The second kappa shape index (κ2) is 9.68. The van der Waals surface area contributed by atoms with Gasteiger partial charge in [0.25, 0.3) is 0 Å². The lowest BCUT2D eigenvalue weighted by atomic mass is 9.87. The Morgan fingerprint density at radius 3 is 2.79 bits per heavy atom. The first kappa shape index (κ1) is 21.7. The van der Waals surface area contributed by atoms with E-state index in [1.165, 1.54) is 10.4 Å². The number of hydrogen-bond donors (Lipinski definition) is 2. The van der Waals surface area contributed by atoms with Crippen LogP contribution in [0.1, 0.15) is 30.0 Å². The fraction of sp³-hybridized carbons (Fsp3) is 0.611. The number of halogens is 2. The summed E-state index contributed by atoms with van der Waals surface area (Å²) in [6, 6.07) is 3.98. The van der Waals surface area contributed by atoms with Crippen LogP contribution in [0.3, 0.4) is 0 Å². The minimum Gasteiger partial charge on any atom is -0.435 e. The number of nitrogens with one attached hydrogen (secondary N) is 2. The van der Waals surface area contributed by atoms with Crippen molar-refractivity contribution in [3.05, 3.63) is 29.3 Å². The number of carbonyl (C=O) groups excluding carboxylic acids is 1. The minimum atomic E-state index is -3.44. The van der Waals surface area contributed by atoms with Gasteiger partial charge < -0.3 is 20.1 Å². The van der Waals surface area contributed by atoms with E-state index in [2.05, 4.69) is 15.4 Å². The van der Waals surface area contributed by atoms with Crippen LogP contribution in [0.2, 0.25) is 0 Å². The molecule has 2 N–H and O–H groups in total. The SMILES string of the molecule is O=C(NCCS(=O)(=O)N1CCOCC1)NC1CCCc2cc(OC(F)F)ccc21. The molecule has 1 aromatic rings. The summed E-state index contributed by atoms with van der Waals surface area (Å²) >= 11 is 0. The Morgan fingerprint density at radius 2 is 2.07 bits per heavy atom. The molecule has 0 bridgehead atoms. The molecule has 29 heavy (non-hydrogen) atoms. The van der Waals surface area contributed by atoms with Crippen molar-refractivity contribution >= 4 is 16.1 Å². The van der Waals surface area contributed by atoms with Gasteiger partial charge >= 0.3 is 12.6 Å². The molecule has 1 aliphatic carbocycles. The number of ether oxygens (including phenoxy) is 2. The van der Waals surface area contributed by atoms with Gasteiger partial charge in [0.15, 0.2) is 0 Å². The summed E-state index contributed by atoms with van der Waals surface area (Å²) in [5.74, 6) is -0.0899. The summed E-state index contributed by atoms with van der Waals surface area (Å²) in [6.07, 6.45) is 2.22. The van der Waals surface area contributed by atoms with Crippen LogP contribution >= 0.6 is 0 Å². The Bertz CT molecular complexity index is 816. The highest BCUT2D eigenvalue weighted by Crippen LogP contribution is 2.32. The summed E-state index contributed by atoms with van der Waals surface area (Å²) in [5, 5.41) is 5.42. The summed E-state index contributed by atoms with van der Waals surface area (Å²) in [6.45, 7) is -1.50. The number of alkyl halides is 2. The molecule has 1 unspecified atom stereocenters. The van der Waals surface area contributed by atoms with E-state index in [4.69, 9.17) is 4.74 Å². The van der Waals surface area contributed by atoms with Crippen LogP contribution in [-0.4, -0.2) is 64.0 Å². The summed E-state index contributed by atoms with van der Waals surface area (Å²) in [5.41, 5.74) is 1.71. The number of hydrogen-bond acceptors (Lipinski definition) is 5. The fourth-order valence-corrected chi connectivity index (χ4v) is 4.90. The minimum absolute atomic E-state index is 0.00767. The van der Waals surface area contributed by atoms with Gasteiger partial charge in [-0.1, -0.05) is 6.07 Å². The number of benzene rings is 1. The van der Waals surface area contributed by atoms with Gasteiger partial charge in [0.2, 0.25) is 10.0 Å². The van der Waals surface area contributed by atoms with Gasteiger partial charge in [-0.25, -0.2) is 13.2 Å². The number of urea groups is 1. The Labute approximate surface area is 168 Å². The van der Waals surface area contributed by atoms with Crippen molar-refractivity contribution in [1.29, 1.82) is 0 Å². The third kappa shape index (κ3) is 6.00. The van der Waals surface area contributed by atoms with Gasteiger partial charge in [0.05, 0.1) is 25.0 Å². The van der Waals surface area contributed by atoms with Crippen molar-refractivity contribution in [3.63, 3.8) is 0 Å². The highest BCUT2D eigenvalue weighted by atomic mass is 32.2. The van der Waals surface area contributed by atoms with E-state index in [1.54, 1.807) is 12.1 Å². The normalized spacial score (nSPS) is 20.2. The van der Waals surface area contributed by atoms with Crippen LogP contribution < -0.4 is 15.4 Å². The molecule has 1 saturated heterocycles. The largest absolute Gasteiger partial charge is 0.435 e. The van der Waals surface area contributed by atoms with Crippen LogP contribution in [0.5, 0.6) is 5.75 Å². The van der Waals surface area contributed by atoms with Crippen molar-refractivity contribution in [2.24, 2.45) is 0 Å². The number of amides is 2. The molecule has 162 valence electrons. The van der Waals surface area contributed by atoms with E-state index in [-0.39, 0.29) is 24.1 Å². The Morgan fingerprint density at radius 1 is 1.31 bits per heavy atom. The molecule has 1 aliphatic heterocycles. The molecule has 2 aliphatic rings. The molecule has 1 heterocycles. The quantitative estimate of drug-likeness (QED) is 0.681. The standard InChI is InChI=1S/C18H25F2N3O5S/c19-17(20)28-14-4-5-15-13(12-14)2-1-3-16(15)22-18(24)21-6-11-29(25,26)23-7-9-27-10-8-23/h4-5,12,16-17H,1-3,6-11H2,(H2,21,22,24). The molecule has 0 aromatic heterocycles. The second-order valence-electron chi connectivity index (χ2n) is 6.91. The average Bonchev–Trinajstić information content (AvgIpc) is 2.68. The molecular formula is C18H25F2N3O5S. The lowest BCUT2D eigenvalue weighted by molar-refractivity contribution is -0.0499. The first-order chi connectivity index (χ1) is 13.8. The van der Waals surface area contributed by atoms with Gasteiger partial charge in [-0.05, 0) is 42.5 Å². The predicted octanol–water partition coefficient (Wildman–Crippen LogP) is 1.63. The molecule has 1 fully saturated rings. The molecule has 3 rings (SSSR count).